The highest BCUT2D eigenvalue weighted by atomic mass is 35.5. The van der Waals surface area contributed by atoms with Crippen LogP contribution in [0.25, 0.3) is 0 Å². The average Bonchev–Trinajstić information content (AvgIpc) is 2.09. The summed E-state index contributed by atoms with van der Waals surface area (Å²) in [4.78, 5) is 0. The number of halogens is 1. The molecule has 1 rings (SSSR count). The van der Waals surface area contributed by atoms with E-state index in [4.69, 9.17) is 21.2 Å². The van der Waals surface area contributed by atoms with Crippen molar-refractivity contribution in [1.82, 2.24) is 0 Å². The predicted molar refractivity (Wildman–Crippen MR) is 36.2 cm³/mol. The van der Waals surface area contributed by atoms with Gasteiger partial charge in [0.15, 0.2) is 0 Å². The van der Waals surface area contributed by atoms with E-state index in [0.29, 0.717) is 0 Å². The third-order valence-corrected chi connectivity index (χ3v) is 0.783. The van der Waals surface area contributed by atoms with Gasteiger partial charge >= 0.3 is 0 Å². The van der Waals surface area contributed by atoms with Crippen LogP contribution in [0.3, 0.4) is 0 Å². The van der Waals surface area contributed by atoms with E-state index in [-0.39, 0.29) is 5.02 Å². The van der Waals surface area contributed by atoms with E-state index in [0.717, 1.165) is 0 Å². The highest BCUT2D eigenvalue weighted by molar-refractivity contribution is 6.30. The van der Waals surface area contributed by atoms with Crippen LogP contribution in [-0.4, -0.2) is 0 Å². The minimum Gasteiger partial charge on any atom is -0.0843 e. The molecule has 0 saturated heterocycles. The highest BCUT2D eigenvalue weighted by Crippen LogP contribution is 2.07. The van der Waals surface area contributed by atoms with Gasteiger partial charge in [0, 0.05) is 9.13 Å². The van der Waals surface area contributed by atoms with Gasteiger partial charge in [-0.2, -0.15) is 0 Å². The smallest absolute Gasteiger partial charge is 0.0639 e. The summed E-state index contributed by atoms with van der Waals surface area (Å²) < 4.78 is 50.8. The molecule has 0 fully saturated rings. The SMILES string of the molecule is [2H]c1c([2H])c(C([2H])([2H])[2H])c([2H])c([2H])c1Cl. The van der Waals surface area contributed by atoms with E-state index in [2.05, 4.69) is 0 Å². The number of hydrogen-bond donors (Lipinski definition) is 0. The largest absolute Gasteiger partial charge is 0.0843 e. The van der Waals surface area contributed by atoms with Crippen molar-refractivity contribution in [3.05, 3.63) is 34.8 Å². The molecule has 0 aliphatic heterocycles. The molecule has 1 heteroatoms. The Bertz CT molecular complexity index is 380. The van der Waals surface area contributed by atoms with E-state index in [9.17, 15) is 0 Å². The van der Waals surface area contributed by atoms with Gasteiger partial charge in [-0.05, 0) is 18.9 Å². The summed E-state index contributed by atoms with van der Waals surface area (Å²) in [6, 6.07) is -2.27. The van der Waals surface area contributed by atoms with Crippen molar-refractivity contribution in [3.63, 3.8) is 0 Å². The van der Waals surface area contributed by atoms with Crippen molar-refractivity contribution in [3.8, 4) is 0 Å². The van der Waals surface area contributed by atoms with E-state index < -0.39 is 36.6 Å². The minimum atomic E-state index is -2.68. The lowest BCUT2D eigenvalue weighted by molar-refractivity contribution is 1.48. The van der Waals surface area contributed by atoms with E-state index >= 15 is 0 Å². The summed E-state index contributed by atoms with van der Waals surface area (Å²) in [5.74, 6) is 0. The summed E-state index contributed by atoms with van der Waals surface area (Å²) in [6.07, 6.45) is 0. The Labute approximate surface area is 63.9 Å². The van der Waals surface area contributed by atoms with Crippen molar-refractivity contribution < 1.29 is 9.60 Å². The first kappa shape index (κ1) is 1.51. The zero-order valence-electron chi connectivity index (χ0n) is 10.9. The van der Waals surface area contributed by atoms with Crippen LogP contribution in [0.5, 0.6) is 0 Å². The normalized spacial score (nSPS) is 23.4. The molecule has 0 amide bonds. The van der Waals surface area contributed by atoms with Gasteiger partial charge in [-0.1, -0.05) is 29.2 Å². The predicted octanol–water partition coefficient (Wildman–Crippen LogP) is 2.65. The minimum absolute atomic E-state index is 0.363. The fourth-order valence-corrected chi connectivity index (χ4v) is 0.392. The third-order valence-electron chi connectivity index (χ3n) is 0.594. The molecule has 0 N–H and O–H groups in total. The highest BCUT2D eigenvalue weighted by Gasteiger charge is 1.81. The van der Waals surface area contributed by atoms with Crippen LogP contribution >= 0.6 is 11.6 Å². The first-order chi connectivity index (χ1) is 6.68. The molecule has 0 spiro atoms. The van der Waals surface area contributed by atoms with Crippen LogP contribution < -0.4 is 0 Å². The van der Waals surface area contributed by atoms with Gasteiger partial charge < -0.3 is 0 Å². The quantitative estimate of drug-likeness (QED) is 0.511. The van der Waals surface area contributed by atoms with Gasteiger partial charge in [0.05, 0.1) is 5.48 Å². The Hall–Kier alpha value is -0.490. The second-order valence-corrected chi connectivity index (χ2v) is 1.57. The topological polar surface area (TPSA) is 0 Å². The molecule has 42 valence electrons. The second kappa shape index (κ2) is 2.19. The molecule has 0 aliphatic rings. The summed E-state index contributed by atoms with van der Waals surface area (Å²) in [5.41, 5.74) is -0.595. The molecule has 0 atom stereocenters. The molecular weight excluding hydrogens is 120 g/mol. The standard InChI is InChI=1S/C7H7Cl/c1-6-2-4-7(8)5-3-6/h2-5H,1H3/i1D3,2D,3D,4D,5D. The van der Waals surface area contributed by atoms with Crippen LogP contribution in [0.15, 0.2) is 24.2 Å². The maximum Gasteiger partial charge on any atom is 0.0639 e. The van der Waals surface area contributed by atoms with Crippen LogP contribution in [-0.2, 0) is 0 Å². The molecule has 0 aliphatic carbocycles. The lowest BCUT2D eigenvalue weighted by Gasteiger charge is -1.88. The first-order valence-corrected chi connectivity index (χ1v) is 2.32. The van der Waals surface area contributed by atoms with Crippen molar-refractivity contribution in [2.75, 3.05) is 0 Å². The van der Waals surface area contributed by atoms with E-state index in [1.807, 2.05) is 0 Å². The fourth-order valence-electron chi connectivity index (χ4n) is 0.297. The average molecular weight is 134 g/mol. The van der Waals surface area contributed by atoms with Crippen LogP contribution in [0.2, 0.25) is 5.02 Å². The Morgan fingerprint density at radius 2 is 2.12 bits per heavy atom. The lowest BCUT2D eigenvalue weighted by atomic mass is 10.2. The summed E-state index contributed by atoms with van der Waals surface area (Å²) >= 11 is 5.51. The second-order valence-electron chi connectivity index (χ2n) is 1.19. The summed E-state index contributed by atoms with van der Waals surface area (Å²) in [7, 11) is 0. The van der Waals surface area contributed by atoms with Gasteiger partial charge in [-0.15, -0.1) is 0 Å². The molecule has 0 bridgehead atoms. The van der Waals surface area contributed by atoms with Crippen LogP contribution in [0.4, 0.5) is 0 Å². The maximum atomic E-state index is 7.39. The molecule has 0 unspecified atom stereocenters. The van der Waals surface area contributed by atoms with Crippen LogP contribution in [0.1, 0.15) is 15.2 Å². The molecule has 0 nitrogen and oxygen atoms in total. The Morgan fingerprint density at radius 1 is 1.50 bits per heavy atom. The number of rotatable bonds is 0. The first-order valence-electron chi connectivity index (χ1n) is 5.44. The summed E-state index contributed by atoms with van der Waals surface area (Å²) in [6.45, 7) is -2.68. The molecule has 0 heterocycles. The van der Waals surface area contributed by atoms with E-state index in [1.165, 1.54) is 0 Å². The number of benzene rings is 1. The zero-order valence-corrected chi connectivity index (χ0v) is 4.63. The van der Waals surface area contributed by atoms with E-state index in [1.54, 1.807) is 0 Å². The van der Waals surface area contributed by atoms with Crippen molar-refractivity contribution in [1.29, 1.82) is 0 Å². The number of hydrogen-bond acceptors (Lipinski definition) is 0. The molecular formula is C7H7Cl. The molecule has 0 radical (unpaired) electrons. The Morgan fingerprint density at radius 3 is 2.62 bits per heavy atom. The Kier molecular flexibility index (Phi) is 0.413. The van der Waals surface area contributed by atoms with Gasteiger partial charge in [-0.25, -0.2) is 0 Å². The molecule has 1 aromatic rings. The molecule has 8 heavy (non-hydrogen) atoms. The van der Waals surface area contributed by atoms with Crippen molar-refractivity contribution >= 4 is 11.6 Å². The molecule has 1 aromatic carbocycles. The van der Waals surface area contributed by atoms with Gasteiger partial charge in [0.2, 0.25) is 0 Å². The van der Waals surface area contributed by atoms with Crippen molar-refractivity contribution in [2.45, 2.75) is 6.85 Å². The molecule has 0 saturated carbocycles. The Balaban J connectivity index is 3.68. The lowest BCUT2D eigenvalue weighted by Crippen LogP contribution is -1.66. The van der Waals surface area contributed by atoms with Gasteiger partial charge in [0.25, 0.3) is 0 Å². The van der Waals surface area contributed by atoms with Crippen molar-refractivity contribution in [2.24, 2.45) is 0 Å². The molecule has 0 aromatic heterocycles. The van der Waals surface area contributed by atoms with Gasteiger partial charge in [0.1, 0.15) is 0 Å². The maximum absolute atomic E-state index is 7.39. The monoisotopic (exact) mass is 133 g/mol. The fraction of sp³-hybridized carbons (Fsp3) is 0.143. The van der Waals surface area contributed by atoms with Gasteiger partial charge in [-0.3, -0.25) is 0 Å². The zero-order chi connectivity index (χ0) is 12.0. The summed E-state index contributed by atoms with van der Waals surface area (Å²) in [5, 5.41) is -0.363. The van der Waals surface area contributed by atoms with Crippen LogP contribution in [0, 0.1) is 6.85 Å². The third kappa shape index (κ3) is 1.24.